The summed E-state index contributed by atoms with van der Waals surface area (Å²) >= 11 is 0. The highest BCUT2D eigenvalue weighted by atomic mass is 16.6. The number of methoxy groups -OCH3 is 4. The van der Waals surface area contributed by atoms with Crippen LogP contribution < -0.4 is 42.5 Å². The lowest BCUT2D eigenvalue weighted by Crippen LogP contribution is -2.44. The van der Waals surface area contributed by atoms with Gasteiger partial charge in [0.25, 0.3) is 0 Å². The number of nitrogens with one attached hydrogen (secondary N) is 8. The molecule has 8 amide bonds. The van der Waals surface area contributed by atoms with E-state index in [4.69, 9.17) is 76.2 Å². The molecule has 2 atom stereocenters. The number of aromatic carboxylic acids is 1. The number of aliphatic hydroxyl groups is 1. The predicted octanol–water partition coefficient (Wildman–Crippen LogP) is 8.21. The van der Waals surface area contributed by atoms with Gasteiger partial charge in [0.1, 0.15) is 52.9 Å². The molecule has 2 unspecified atom stereocenters. The third-order valence-corrected chi connectivity index (χ3v) is 19.7. The third-order valence-electron chi connectivity index (χ3n) is 19.7. The van der Waals surface area contributed by atoms with Crippen LogP contribution in [0.4, 0.5) is 49.7 Å². The standard InChI is InChI=1S/C42H65N7O15.C28H50N4O12.C14H17N3O4/c1-29(2)37(50)60-18-17-49(3)48-47-36-8-6-7-31(25-36)38(51)64-28-30(26-58-20-19-56-4)27-59-21-22-61-40(53)44-34-13-15-35(16-14-34)46-42(55)63-24-23-62-41(54)45-33-11-9-32(10-12-33)43-39(52)57-5;1-38-11-12-40-18-20(17-33)19-41-13-14-42-26(35)30-23-7-9-24(10-8-23)32-28(37)44-16-15-43-27(36)31-22-5-3-21(4-6-22)29-25(34)39-2;1-10(2)14(20)21-8-7-17(3)16-15-12-6-4-5-11(9-12)13(18)19/h6-8,25,30,32-35H,1,9-24,26-28H2,2-5H3,(H,43,52)(H,44,53)(H,45,54)(H,46,55);20-24,33H,3-19H2,1-2H3,(H,29,34)(H,30,35)(H,31,36)(H,32,37);4-6,9H,1,7-8H2,2-3H3,(H,18,19). The van der Waals surface area contributed by atoms with Crippen LogP contribution in [0, 0.1) is 11.8 Å². The van der Waals surface area contributed by atoms with E-state index in [-0.39, 0.29) is 170 Å². The molecule has 0 aliphatic heterocycles. The number of amides is 8. The highest BCUT2D eigenvalue weighted by molar-refractivity contribution is 5.90. The lowest BCUT2D eigenvalue weighted by Gasteiger charge is -2.29. The van der Waals surface area contributed by atoms with Gasteiger partial charge in [-0.25, -0.2) is 57.5 Å². The zero-order chi connectivity index (χ0) is 94.4. The summed E-state index contributed by atoms with van der Waals surface area (Å²) in [6.07, 6.45) is 6.32. The topological polar surface area (TPSA) is 554 Å². The van der Waals surface area contributed by atoms with Gasteiger partial charge < -0.3 is 133 Å². The Morgan fingerprint density at radius 1 is 0.364 bits per heavy atom. The Morgan fingerprint density at radius 2 is 0.636 bits per heavy atom. The molecule has 4 aliphatic rings. The maximum absolute atomic E-state index is 12.9. The summed E-state index contributed by atoms with van der Waals surface area (Å²) < 4.78 is 87.9. The average Bonchev–Trinajstić information content (AvgIpc) is 0.888. The van der Waals surface area contributed by atoms with Crippen molar-refractivity contribution in [2.45, 2.75) is 165 Å². The maximum atomic E-state index is 12.9. The van der Waals surface area contributed by atoms with Gasteiger partial charge in [0, 0.05) is 99.6 Å². The van der Waals surface area contributed by atoms with Crippen LogP contribution in [0.3, 0.4) is 0 Å². The van der Waals surface area contributed by atoms with Crippen LogP contribution in [0.25, 0.3) is 0 Å². The number of esters is 3. The number of aliphatic hydroxyl groups excluding tert-OH is 1. The number of carboxylic acids is 1. The van der Waals surface area contributed by atoms with Crippen molar-refractivity contribution in [3.8, 4) is 0 Å². The lowest BCUT2D eigenvalue weighted by atomic mass is 9.91. The number of nitrogens with zero attached hydrogens (tertiary/aromatic N) is 6. The molecule has 45 heteroatoms. The molecule has 724 valence electrons. The van der Waals surface area contributed by atoms with Crippen LogP contribution in [-0.2, 0) is 90.1 Å². The SMILES string of the molecule is C=C(C)C(=O)OCCN(C)N=Nc1cccc(C(=O)O)c1.C=C(C)C(=O)OCCN(C)N=Nc1cccc(C(=O)OCC(COCCOC)COCCOC(=O)NC2CCC(NC(=O)OCCOC(=O)NC3CCC(NC(=O)OC)CC3)CC2)c1.COCCOCC(CO)COCCOC(=O)NC1CCC(NC(=O)OCCOC(=O)NC2CCC(NC(=O)OC)CC2)CC1. The highest BCUT2D eigenvalue weighted by Crippen LogP contribution is 2.24. The second kappa shape index (κ2) is 65.9. The monoisotopic (exact) mass is 1830 g/mol. The van der Waals surface area contributed by atoms with E-state index in [1.54, 1.807) is 72.5 Å². The number of ether oxygens (including phenoxy) is 17. The van der Waals surface area contributed by atoms with Crippen molar-refractivity contribution in [3.05, 3.63) is 84.0 Å². The molecule has 4 aliphatic carbocycles. The first-order valence-corrected chi connectivity index (χ1v) is 42.8. The Balaban J connectivity index is 0.000000459. The third kappa shape index (κ3) is 51.9. The summed E-state index contributed by atoms with van der Waals surface area (Å²) in [4.78, 5) is 142. The van der Waals surface area contributed by atoms with Gasteiger partial charge in [-0.2, -0.15) is 0 Å². The van der Waals surface area contributed by atoms with E-state index in [1.807, 2.05) is 0 Å². The van der Waals surface area contributed by atoms with Gasteiger partial charge in [-0.15, -0.1) is 10.2 Å². The van der Waals surface area contributed by atoms with Crippen LogP contribution in [0.15, 0.2) is 93.5 Å². The zero-order valence-electron chi connectivity index (χ0n) is 75.1. The minimum atomic E-state index is -1.02. The fraction of sp³-hybridized carbons (Fsp3) is 0.667. The van der Waals surface area contributed by atoms with Crippen molar-refractivity contribution in [3.63, 3.8) is 0 Å². The van der Waals surface area contributed by atoms with Gasteiger partial charge in [-0.3, -0.25) is 10.0 Å². The van der Waals surface area contributed by atoms with Crippen molar-refractivity contribution < 1.29 is 148 Å². The van der Waals surface area contributed by atoms with E-state index in [2.05, 4.69) is 85.8 Å². The van der Waals surface area contributed by atoms with Crippen molar-refractivity contribution in [2.75, 3.05) is 188 Å². The van der Waals surface area contributed by atoms with E-state index in [9.17, 15) is 62.6 Å². The van der Waals surface area contributed by atoms with Crippen molar-refractivity contribution in [1.29, 1.82) is 0 Å². The summed E-state index contributed by atoms with van der Waals surface area (Å²) in [6.45, 7) is 13.7. The Morgan fingerprint density at radius 3 is 0.915 bits per heavy atom. The first-order valence-electron chi connectivity index (χ1n) is 42.8. The number of hydrogen-bond donors (Lipinski definition) is 10. The second-order valence-electron chi connectivity index (χ2n) is 30.3. The molecular formula is C84H132N14O31. The molecule has 2 aromatic rings. The van der Waals surface area contributed by atoms with Crippen molar-refractivity contribution >= 4 is 84.0 Å². The van der Waals surface area contributed by atoms with E-state index in [1.165, 1.54) is 42.4 Å². The number of benzene rings is 2. The zero-order valence-corrected chi connectivity index (χ0v) is 75.1. The number of hydrogen-bond acceptors (Lipinski definition) is 34. The summed E-state index contributed by atoms with van der Waals surface area (Å²) in [6, 6.07) is 12.1. The summed E-state index contributed by atoms with van der Waals surface area (Å²) in [5.41, 5.74) is 1.90. The number of rotatable bonds is 51. The Bertz CT molecular complexity index is 3760. The molecule has 129 heavy (non-hydrogen) atoms. The number of carbonyl (C=O) groups is 12. The Hall–Kier alpha value is -11.5. The number of alkyl carbamates (subject to hydrolysis) is 8. The van der Waals surface area contributed by atoms with Gasteiger partial charge >= 0.3 is 72.6 Å². The van der Waals surface area contributed by atoms with E-state index >= 15 is 0 Å². The maximum Gasteiger partial charge on any atom is 0.407 e. The molecule has 0 spiro atoms. The fourth-order valence-electron chi connectivity index (χ4n) is 12.5. The summed E-state index contributed by atoms with van der Waals surface area (Å²) in [5, 5.41) is 59.6. The Labute approximate surface area is 751 Å². The van der Waals surface area contributed by atoms with Gasteiger partial charge in [0.15, 0.2) is 0 Å². The molecular weight excluding hydrogens is 1700 g/mol. The van der Waals surface area contributed by atoms with E-state index < -0.39 is 72.6 Å². The first kappa shape index (κ1) is 110. The predicted molar refractivity (Wildman–Crippen MR) is 459 cm³/mol. The average molecular weight is 1830 g/mol. The minimum Gasteiger partial charge on any atom is -0.478 e. The molecule has 0 bridgehead atoms. The highest BCUT2D eigenvalue weighted by Gasteiger charge is 2.30. The largest absolute Gasteiger partial charge is 0.478 e. The van der Waals surface area contributed by atoms with E-state index in [0.29, 0.717) is 159 Å². The quantitative estimate of drug-likeness (QED) is 0.00744. The molecule has 2 aromatic carbocycles. The number of likely N-dealkylation sites (N-methyl/N-ethyl adjacent to an activating group) is 2. The minimum absolute atomic E-state index is 0.00438. The molecule has 0 heterocycles. The molecule has 0 aromatic heterocycles. The molecule has 0 radical (unpaired) electrons. The van der Waals surface area contributed by atoms with Crippen LogP contribution in [0.5, 0.6) is 0 Å². The molecule has 6 rings (SSSR count). The van der Waals surface area contributed by atoms with Gasteiger partial charge in [-0.05, 0) is 153 Å². The van der Waals surface area contributed by atoms with E-state index in [0.717, 1.165) is 12.8 Å². The molecule has 4 fully saturated rings. The van der Waals surface area contributed by atoms with Gasteiger partial charge in [0.05, 0.1) is 129 Å². The molecule has 4 saturated carbocycles. The number of carbonyl (C=O) groups excluding carboxylic acids is 11. The first-order chi connectivity index (χ1) is 62.1. The van der Waals surface area contributed by atoms with Gasteiger partial charge in [-0.1, -0.05) is 35.7 Å². The van der Waals surface area contributed by atoms with Crippen LogP contribution in [0.1, 0.15) is 137 Å². The van der Waals surface area contributed by atoms with Gasteiger partial charge in [0.2, 0.25) is 0 Å². The lowest BCUT2D eigenvalue weighted by molar-refractivity contribution is -0.140. The normalized spacial score (nSPS) is 18.5. The van der Waals surface area contributed by atoms with Crippen molar-refractivity contribution in [1.82, 2.24) is 52.6 Å². The van der Waals surface area contributed by atoms with Crippen molar-refractivity contribution in [2.24, 2.45) is 32.5 Å². The smallest absolute Gasteiger partial charge is 0.407 e. The number of carboxylic acid groups (broad SMARTS) is 1. The molecule has 10 N–H and O–H groups in total. The van der Waals surface area contributed by atoms with Crippen LogP contribution in [-0.4, -0.2) is 329 Å². The summed E-state index contributed by atoms with van der Waals surface area (Å²) in [5.74, 6) is -3.02. The van der Waals surface area contributed by atoms with Crippen LogP contribution >= 0.6 is 0 Å². The van der Waals surface area contributed by atoms with Crippen LogP contribution in [0.2, 0.25) is 0 Å². The fourth-order valence-corrected chi connectivity index (χ4v) is 12.5. The summed E-state index contributed by atoms with van der Waals surface area (Å²) in [7, 11) is 9.11. The second-order valence-corrected chi connectivity index (χ2v) is 30.3. The molecule has 0 saturated heterocycles. The molecule has 45 nitrogen and oxygen atoms in total. The Kier molecular flexibility index (Phi) is 56.1.